The maximum Gasteiger partial charge on any atom is 0.123 e. The van der Waals surface area contributed by atoms with Gasteiger partial charge in [0.2, 0.25) is 0 Å². The highest BCUT2D eigenvalue weighted by Gasteiger charge is 2.15. The maximum atomic E-state index is 5.40. The van der Waals surface area contributed by atoms with E-state index >= 15 is 0 Å². The molecule has 2 unspecified atom stereocenters. The molecule has 0 bridgehead atoms. The molecule has 3 heteroatoms. The third-order valence-electron chi connectivity index (χ3n) is 2.82. The summed E-state index contributed by atoms with van der Waals surface area (Å²) in [5.74, 6) is 0.941. The lowest BCUT2D eigenvalue weighted by molar-refractivity contribution is 0.166. The minimum absolute atomic E-state index is 0.302. The van der Waals surface area contributed by atoms with E-state index in [1.54, 1.807) is 14.2 Å². The predicted molar refractivity (Wildman–Crippen MR) is 70.5 cm³/mol. The van der Waals surface area contributed by atoms with Crippen LogP contribution in [0, 0.1) is 0 Å². The number of hydrogen-bond acceptors (Lipinski definition) is 3. The van der Waals surface area contributed by atoms with E-state index in [0.717, 1.165) is 12.2 Å². The van der Waals surface area contributed by atoms with Gasteiger partial charge in [-0.15, -0.1) is 0 Å². The van der Waals surface area contributed by atoms with E-state index in [9.17, 15) is 0 Å². The highest BCUT2D eigenvalue weighted by Crippen LogP contribution is 2.27. The highest BCUT2D eigenvalue weighted by atomic mass is 16.5. The number of para-hydroxylation sites is 1. The molecule has 0 aliphatic heterocycles. The lowest BCUT2D eigenvalue weighted by atomic mass is 10.0. The highest BCUT2D eigenvalue weighted by molar-refractivity contribution is 5.35. The quantitative estimate of drug-likeness (QED) is 0.791. The molecule has 1 N–H and O–H groups in total. The minimum atomic E-state index is 0.302. The molecule has 17 heavy (non-hydrogen) atoms. The Morgan fingerprint density at radius 3 is 2.53 bits per heavy atom. The van der Waals surface area contributed by atoms with Gasteiger partial charge in [0.05, 0.1) is 13.7 Å². The summed E-state index contributed by atoms with van der Waals surface area (Å²) in [6, 6.07) is 8.78. The summed E-state index contributed by atoms with van der Waals surface area (Å²) in [6.07, 6.45) is 1.02. The van der Waals surface area contributed by atoms with Crippen molar-refractivity contribution in [3.63, 3.8) is 0 Å². The summed E-state index contributed by atoms with van der Waals surface area (Å²) >= 11 is 0. The van der Waals surface area contributed by atoms with Gasteiger partial charge in [0.1, 0.15) is 5.75 Å². The Balaban J connectivity index is 2.78. The van der Waals surface area contributed by atoms with Crippen molar-refractivity contribution in [3.05, 3.63) is 29.8 Å². The van der Waals surface area contributed by atoms with Crippen LogP contribution in [0.15, 0.2) is 24.3 Å². The summed E-state index contributed by atoms with van der Waals surface area (Å²) in [7, 11) is 3.44. The van der Waals surface area contributed by atoms with Crippen LogP contribution in [0.1, 0.15) is 31.9 Å². The van der Waals surface area contributed by atoms with E-state index in [4.69, 9.17) is 9.47 Å². The second-order valence-corrected chi connectivity index (χ2v) is 4.23. The van der Waals surface area contributed by atoms with Crippen molar-refractivity contribution in [2.45, 2.75) is 32.4 Å². The lowest BCUT2D eigenvalue weighted by Crippen LogP contribution is -2.33. The molecule has 0 amide bonds. The fraction of sp³-hybridized carbons (Fsp3) is 0.571. The Bertz CT molecular complexity index is 328. The van der Waals surface area contributed by atoms with Gasteiger partial charge < -0.3 is 14.8 Å². The minimum Gasteiger partial charge on any atom is -0.496 e. The fourth-order valence-corrected chi connectivity index (χ4v) is 2.02. The van der Waals surface area contributed by atoms with E-state index < -0.39 is 0 Å². The monoisotopic (exact) mass is 237 g/mol. The van der Waals surface area contributed by atoms with Crippen LogP contribution in [0.25, 0.3) is 0 Å². The largest absolute Gasteiger partial charge is 0.496 e. The second-order valence-electron chi connectivity index (χ2n) is 4.23. The van der Waals surface area contributed by atoms with Gasteiger partial charge in [-0.1, -0.05) is 25.1 Å². The van der Waals surface area contributed by atoms with Crippen molar-refractivity contribution in [1.29, 1.82) is 0 Å². The standard InChI is InChI=1S/C14H23NO2/c1-5-13(15-11(2)10-16-3)12-8-6-7-9-14(12)17-4/h6-9,11,13,15H,5,10H2,1-4H3. The number of ether oxygens (including phenoxy) is 2. The summed E-state index contributed by atoms with van der Waals surface area (Å²) < 4.78 is 10.5. The van der Waals surface area contributed by atoms with E-state index in [2.05, 4.69) is 25.2 Å². The average Bonchev–Trinajstić information content (AvgIpc) is 2.36. The number of rotatable bonds is 7. The fourth-order valence-electron chi connectivity index (χ4n) is 2.02. The summed E-state index contributed by atoms with van der Waals surface area (Å²) in [4.78, 5) is 0. The van der Waals surface area contributed by atoms with Crippen molar-refractivity contribution < 1.29 is 9.47 Å². The zero-order chi connectivity index (χ0) is 12.7. The number of nitrogens with one attached hydrogen (secondary N) is 1. The third-order valence-corrected chi connectivity index (χ3v) is 2.82. The van der Waals surface area contributed by atoms with Crippen molar-refractivity contribution in [3.8, 4) is 5.75 Å². The first-order chi connectivity index (χ1) is 8.22. The van der Waals surface area contributed by atoms with Crippen molar-refractivity contribution in [2.24, 2.45) is 0 Å². The molecule has 2 atom stereocenters. The van der Waals surface area contributed by atoms with E-state index in [1.807, 2.05) is 18.2 Å². The molecule has 0 saturated heterocycles. The molecule has 96 valence electrons. The van der Waals surface area contributed by atoms with Crippen LogP contribution >= 0.6 is 0 Å². The van der Waals surface area contributed by atoms with Gasteiger partial charge in [-0.2, -0.15) is 0 Å². The molecule has 0 spiro atoms. The Labute approximate surface area is 104 Å². The molecule has 1 rings (SSSR count). The van der Waals surface area contributed by atoms with Crippen LogP contribution in [0.4, 0.5) is 0 Å². The molecule has 0 radical (unpaired) electrons. The topological polar surface area (TPSA) is 30.5 Å². The first-order valence-electron chi connectivity index (χ1n) is 6.10. The van der Waals surface area contributed by atoms with E-state index in [1.165, 1.54) is 5.56 Å². The second kappa shape index (κ2) is 7.30. The van der Waals surface area contributed by atoms with Crippen LogP contribution in [0.5, 0.6) is 5.75 Å². The lowest BCUT2D eigenvalue weighted by Gasteiger charge is -2.23. The van der Waals surface area contributed by atoms with Crippen LogP contribution in [0.3, 0.4) is 0 Å². The van der Waals surface area contributed by atoms with Crippen molar-refractivity contribution in [1.82, 2.24) is 5.32 Å². The molecule has 0 aliphatic rings. The zero-order valence-electron chi connectivity index (χ0n) is 11.2. The molecular formula is C14H23NO2. The molecule has 3 nitrogen and oxygen atoms in total. The van der Waals surface area contributed by atoms with Gasteiger partial charge in [-0.25, -0.2) is 0 Å². The zero-order valence-corrected chi connectivity index (χ0v) is 11.2. The SMILES string of the molecule is CCC(NC(C)COC)c1ccccc1OC. The number of benzene rings is 1. The smallest absolute Gasteiger partial charge is 0.123 e. The summed E-state index contributed by atoms with van der Waals surface area (Å²) in [6.45, 7) is 5.01. The van der Waals surface area contributed by atoms with Crippen LogP contribution in [-0.4, -0.2) is 26.9 Å². The molecule has 0 fully saturated rings. The molecule has 0 aromatic heterocycles. The Kier molecular flexibility index (Phi) is 6.01. The van der Waals surface area contributed by atoms with Crippen LogP contribution in [-0.2, 0) is 4.74 Å². The van der Waals surface area contributed by atoms with Gasteiger partial charge in [-0.05, 0) is 19.4 Å². The van der Waals surface area contributed by atoms with Crippen molar-refractivity contribution >= 4 is 0 Å². The molecule has 0 heterocycles. The molecule has 1 aromatic carbocycles. The Hall–Kier alpha value is -1.06. The molecular weight excluding hydrogens is 214 g/mol. The predicted octanol–water partition coefficient (Wildman–Crippen LogP) is 2.77. The first-order valence-corrected chi connectivity index (χ1v) is 6.10. The van der Waals surface area contributed by atoms with E-state index in [0.29, 0.717) is 18.7 Å². The Morgan fingerprint density at radius 2 is 1.94 bits per heavy atom. The average molecular weight is 237 g/mol. The van der Waals surface area contributed by atoms with E-state index in [-0.39, 0.29) is 0 Å². The normalized spacial score (nSPS) is 14.4. The van der Waals surface area contributed by atoms with Crippen LogP contribution < -0.4 is 10.1 Å². The van der Waals surface area contributed by atoms with Gasteiger partial charge in [-0.3, -0.25) is 0 Å². The van der Waals surface area contributed by atoms with Gasteiger partial charge in [0, 0.05) is 24.8 Å². The first kappa shape index (κ1) is 14.0. The van der Waals surface area contributed by atoms with Gasteiger partial charge >= 0.3 is 0 Å². The molecule has 0 aliphatic carbocycles. The number of methoxy groups -OCH3 is 2. The molecule has 1 aromatic rings. The number of hydrogen-bond donors (Lipinski definition) is 1. The molecule has 0 saturated carbocycles. The maximum absolute atomic E-state index is 5.40. The van der Waals surface area contributed by atoms with Crippen LogP contribution in [0.2, 0.25) is 0 Å². The van der Waals surface area contributed by atoms with Gasteiger partial charge in [0.15, 0.2) is 0 Å². The third kappa shape index (κ3) is 4.02. The van der Waals surface area contributed by atoms with Crippen molar-refractivity contribution in [2.75, 3.05) is 20.8 Å². The van der Waals surface area contributed by atoms with Gasteiger partial charge in [0.25, 0.3) is 0 Å². The summed E-state index contributed by atoms with van der Waals surface area (Å²) in [5.41, 5.74) is 1.21. The summed E-state index contributed by atoms with van der Waals surface area (Å²) in [5, 5.41) is 3.55. The Morgan fingerprint density at radius 1 is 1.24 bits per heavy atom.